The molecule has 27 heavy (non-hydrogen) atoms. The highest BCUT2D eigenvalue weighted by molar-refractivity contribution is 14.0. The highest BCUT2D eigenvalue weighted by Gasteiger charge is 2.04. The van der Waals surface area contributed by atoms with Crippen molar-refractivity contribution in [1.29, 1.82) is 0 Å². The SMILES string of the molecule is CN=C(NCCNC(=O)c1cccnc1)NCCc1ccc(F)cc1C.I. The number of nitrogens with zero attached hydrogens (tertiary/aromatic N) is 2. The Morgan fingerprint density at radius 2 is 1.89 bits per heavy atom. The van der Waals surface area contributed by atoms with Crippen LogP contribution in [0.4, 0.5) is 4.39 Å². The fourth-order valence-electron chi connectivity index (χ4n) is 2.43. The number of carbonyl (C=O) groups is 1. The molecule has 1 aromatic heterocycles. The Morgan fingerprint density at radius 1 is 1.15 bits per heavy atom. The second-order valence-electron chi connectivity index (χ2n) is 5.74. The number of hydrogen-bond donors (Lipinski definition) is 3. The molecule has 0 aliphatic carbocycles. The molecule has 0 aliphatic heterocycles. The summed E-state index contributed by atoms with van der Waals surface area (Å²) in [4.78, 5) is 20.0. The molecule has 0 bridgehead atoms. The van der Waals surface area contributed by atoms with Crippen molar-refractivity contribution < 1.29 is 9.18 Å². The summed E-state index contributed by atoms with van der Waals surface area (Å²) in [5.74, 6) is 0.278. The molecule has 3 N–H and O–H groups in total. The van der Waals surface area contributed by atoms with E-state index in [1.165, 1.54) is 18.3 Å². The van der Waals surface area contributed by atoms with E-state index in [1.54, 1.807) is 31.4 Å². The van der Waals surface area contributed by atoms with Crippen LogP contribution in [-0.4, -0.2) is 43.5 Å². The minimum atomic E-state index is -0.218. The summed E-state index contributed by atoms with van der Waals surface area (Å²) in [5, 5.41) is 9.15. The van der Waals surface area contributed by atoms with Gasteiger partial charge in [-0.1, -0.05) is 6.07 Å². The summed E-state index contributed by atoms with van der Waals surface area (Å²) >= 11 is 0. The van der Waals surface area contributed by atoms with Crippen molar-refractivity contribution >= 4 is 35.8 Å². The molecule has 2 aromatic rings. The van der Waals surface area contributed by atoms with Gasteiger partial charge in [-0.2, -0.15) is 0 Å². The van der Waals surface area contributed by atoms with Crippen LogP contribution in [-0.2, 0) is 6.42 Å². The zero-order valence-corrected chi connectivity index (χ0v) is 17.8. The normalized spacial score (nSPS) is 10.7. The van der Waals surface area contributed by atoms with Crippen molar-refractivity contribution in [2.45, 2.75) is 13.3 Å². The van der Waals surface area contributed by atoms with Crippen LogP contribution in [0.3, 0.4) is 0 Å². The quantitative estimate of drug-likeness (QED) is 0.244. The zero-order chi connectivity index (χ0) is 18.8. The van der Waals surface area contributed by atoms with Crippen LogP contribution in [0, 0.1) is 12.7 Å². The first-order valence-corrected chi connectivity index (χ1v) is 8.48. The van der Waals surface area contributed by atoms with Crippen molar-refractivity contribution in [3.05, 3.63) is 65.2 Å². The lowest BCUT2D eigenvalue weighted by Gasteiger charge is -2.13. The van der Waals surface area contributed by atoms with Crippen LogP contribution in [0.5, 0.6) is 0 Å². The van der Waals surface area contributed by atoms with E-state index in [4.69, 9.17) is 0 Å². The Bertz CT molecular complexity index is 755. The Labute approximate surface area is 176 Å². The fourth-order valence-corrected chi connectivity index (χ4v) is 2.43. The average Bonchev–Trinajstić information content (AvgIpc) is 2.65. The largest absolute Gasteiger partial charge is 0.356 e. The van der Waals surface area contributed by atoms with E-state index in [-0.39, 0.29) is 35.7 Å². The van der Waals surface area contributed by atoms with Gasteiger partial charge in [0.25, 0.3) is 5.91 Å². The molecular formula is C19H25FIN5O. The Kier molecular flexibility index (Phi) is 10.3. The average molecular weight is 485 g/mol. The molecule has 0 saturated carbocycles. The molecule has 1 aromatic carbocycles. The van der Waals surface area contributed by atoms with E-state index in [0.29, 0.717) is 31.2 Å². The van der Waals surface area contributed by atoms with E-state index < -0.39 is 0 Å². The molecule has 0 unspecified atom stereocenters. The predicted octanol–water partition coefficient (Wildman–Crippen LogP) is 2.28. The van der Waals surface area contributed by atoms with Gasteiger partial charge in [0.1, 0.15) is 5.82 Å². The zero-order valence-electron chi connectivity index (χ0n) is 15.5. The van der Waals surface area contributed by atoms with Gasteiger partial charge in [0.05, 0.1) is 5.56 Å². The topological polar surface area (TPSA) is 78.4 Å². The van der Waals surface area contributed by atoms with Crippen LogP contribution in [0.1, 0.15) is 21.5 Å². The minimum absolute atomic E-state index is 0. The third-order valence-electron chi connectivity index (χ3n) is 3.84. The van der Waals surface area contributed by atoms with Crippen LogP contribution < -0.4 is 16.0 Å². The van der Waals surface area contributed by atoms with Gasteiger partial charge in [0.15, 0.2) is 5.96 Å². The monoisotopic (exact) mass is 485 g/mol. The third-order valence-corrected chi connectivity index (χ3v) is 3.84. The molecule has 0 fully saturated rings. The molecule has 0 saturated heterocycles. The van der Waals surface area contributed by atoms with Crippen LogP contribution in [0.15, 0.2) is 47.7 Å². The highest BCUT2D eigenvalue weighted by atomic mass is 127. The predicted molar refractivity (Wildman–Crippen MR) is 116 cm³/mol. The lowest BCUT2D eigenvalue weighted by Crippen LogP contribution is -2.42. The molecule has 146 valence electrons. The Balaban J connectivity index is 0.00000364. The van der Waals surface area contributed by atoms with Gasteiger partial charge in [0, 0.05) is 39.1 Å². The summed E-state index contributed by atoms with van der Waals surface area (Å²) in [7, 11) is 1.69. The summed E-state index contributed by atoms with van der Waals surface area (Å²) in [5.41, 5.74) is 2.57. The van der Waals surface area contributed by atoms with Crippen LogP contribution in [0.25, 0.3) is 0 Å². The van der Waals surface area contributed by atoms with E-state index in [0.717, 1.165) is 17.5 Å². The maximum absolute atomic E-state index is 13.1. The van der Waals surface area contributed by atoms with Crippen LogP contribution in [0.2, 0.25) is 0 Å². The van der Waals surface area contributed by atoms with Gasteiger partial charge in [-0.3, -0.25) is 14.8 Å². The van der Waals surface area contributed by atoms with Gasteiger partial charge in [-0.05, 0) is 48.7 Å². The Hall–Kier alpha value is -2.23. The maximum atomic E-state index is 13.1. The third kappa shape index (κ3) is 7.90. The van der Waals surface area contributed by atoms with Gasteiger partial charge in [-0.15, -0.1) is 24.0 Å². The van der Waals surface area contributed by atoms with Gasteiger partial charge in [-0.25, -0.2) is 4.39 Å². The van der Waals surface area contributed by atoms with Crippen molar-refractivity contribution in [1.82, 2.24) is 20.9 Å². The fraction of sp³-hybridized carbons (Fsp3) is 0.316. The number of pyridine rings is 1. The maximum Gasteiger partial charge on any atom is 0.252 e. The number of aromatic nitrogens is 1. The summed E-state index contributed by atoms with van der Waals surface area (Å²) in [6, 6.07) is 8.25. The lowest BCUT2D eigenvalue weighted by molar-refractivity contribution is 0.0954. The minimum Gasteiger partial charge on any atom is -0.356 e. The Morgan fingerprint density at radius 3 is 2.56 bits per heavy atom. The van der Waals surface area contributed by atoms with Crippen LogP contribution >= 0.6 is 24.0 Å². The number of aliphatic imine (C=N–C) groups is 1. The molecule has 1 heterocycles. The number of amides is 1. The number of nitrogens with one attached hydrogen (secondary N) is 3. The van der Waals surface area contributed by atoms with Gasteiger partial charge >= 0.3 is 0 Å². The molecule has 0 radical (unpaired) electrons. The van der Waals surface area contributed by atoms with Gasteiger partial charge < -0.3 is 16.0 Å². The van der Waals surface area contributed by atoms with E-state index in [2.05, 4.69) is 25.9 Å². The number of carbonyl (C=O) groups excluding carboxylic acids is 1. The summed E-state index contributed by atoms with van der Waals surface area (Å²) in [6.45, 7) is 3.58. The number of guanidine groups is 1. The van der Waals surface area contributed by atoms with E-state index in [1.807, 2.05) is 6.92 Å². The molecule has 0 spiro atoms. The first-order valence-electron chi connectivity index (χ1n) is 8.48. The highest BCUT2D eigenvalue weighted by Crippen LogP contribution is 2.10. The summed E-state index contributed by atoms with van der Waals surface area (Å²) < 4.78 is 13.1. The molecule has 0 atom stereocenters. The number of hydrogen-bond acceptors (Lipinski definition) is 3. The smallest absolute Gasteiger partial charge is 0.252 e. The molecule has 2 rings (SSSR count). The second-order valence-corrected chi connectivity index (χ2v) is 5.74. The number of rotatable bonds is 7. The van der Waals surface area contributed by atoms with E-state index >= 15 is 0 Å². The second kappa shape index (κ2) is 12.2. The molecule has 6 nitrogen and oxygen atoms in total. The standard InChI is InChI=1S/C19H24FN5O.HI/c1-14-12-17(20)6-5-15(14)7-9-24-19(21-2)25-11-10-23-18(26)16-4-3-8-22-13-16;/h3-6,8,12-13H,7,9-11H2,1-2H3,(H,23,26)(H2,21,24,25);1H. The molecular weight excluding hydrogens is 460 g/mol. The van der Waals surface area contributed by atoms with Crippen molar-refractivity contribution in [3.63, 3.8) is 0 Å². The molecule has 0 aliphatic rings. The summed E-state index contributed by atoms with van der Waals surface area (Å²) in [6.07, 6.45) is 3.92. The van der Waals surface area contributed by atoms with Crippen molar-refractivity contribution in [2.75, 3.05) is 26.7 Å². The first kappa shape index (κ1) is 22.8. The number of benzene rings is 1. The molecule has 1 amide bonds. The van der Waals surface area contributed by atoms with E-state index in [9.17, 15) is 9.18 Å². The van der Waals surface area contributed by atoms with Crippen molar-refractivity contribution in [3.8, 4) is 0 Å². The number of aryl methyl sites for hydroxylation is 1. The lowest BCUT2D eigenvalue weighted by atomic mass is 10.1. The van der Waals surface area contributed by atoms with Gasteiger partial charge in [0.2, 0.25) is 0 Å². The molecule has 8 heteroatoms. The first-order chi connectivity index (χ1) is 12.6. The number of halogens is 2. The van der Waals surface area contributed by atoms with Crippen molar-refractivity contribution in [2.24, 2.45) is 4.99 Å².